The maximum Gasteiger partial charge on any atom is 0.326 e. The Hall–Kier alpha value is -6.15. The number of rotatable bonds is 11. The summed E-state index contributed by atoms with van der Waals surface area (Å²) in [7, 11) is 0. The van der Waals surface area contributed by atoms with E-state index in [4.69, 9.17) is 37.9 Å². The van der Waals surface area contributed by atoms with Crippen LogP contribution in [0.5, 0.6) is 11.5 Å². The summed E-state index contributed by atoms with van der Waals surface area (Å²) in [5.74, 6) is -1.01. The molecule has 5 aromatic rings. The second-order valence-corrected chi connectivity index (χ2v) is 16.1. The minimum absolute atomic E-state index is 0.0389. The summed E-state index contributed by atoms with van der Waals surface area (Å²) in [6.07, 6.45) is 1.91. The van der Waals surface area contributed by atoms with Crippen LogP contribution >= 0.6 is 23.2 Å². The molecular weight excluding hydrogens is 789 g/mol. The van der Waals surface area contributed by atoms with E-state index in [0.29, 0.717) is 43.8 Å². The number of nitriles is 1. The average Bonchev–Trinajstić information content (AvgIpc) is 3.22. The number of amides is 2. The number of carbonyl (C=O) groups excluding carboxylic acids is 3. The number of nitrogens with zero attached hydrogens (tertiary/aromatic N) is 2. The van der Waals surface area contributed by atoms with Gasteiger partial charge in [0.2, 0.25) is 11.8 Å². The first-order valence-electron chi connectivity index (χ1n) is 19.5. The van der Waals surface area contributed by atoms with Crippen molar-refractivity contribution in [2.75, 3.05) is 0 Å². The van der Waals surface area contributed by atoms with Gasteiger partial charge in [-0.05, 0) is 88.7 Å². The Kier molecular flexibility index (Phi) is 11.4. The van der Waals surface area contributed by atoms with Gasteiger partial charge >= 0.3 is 5.97 Å². The molecule has 1 unspecified atom stereocenters. The molecular formula is C47H39Cl2N3O7. The van der Waals surface area contributed by atoms with Crippen LogP contribution in [0.4, 0.5) is 0 Å². The van der Waals surface area contributed by atoms with Gasteiger partial charge in [0.15, 0.2) is 11.9 Å². The summed E-state index contributed by atoms with van der Waals surface area (Å²) in [5, 5.41) is 23.0. The highest BCUT2D eigenvalue weighted by Crippen LogP contribution is 2.39. The molecule has 1 aliphatic carbocycles. The van der Waals surface area contributed by atoms with E-state index in [2.05, 4.69) is 11.4 Å². The number of ether oxygens (including phenoxy) is 2. The van der Waals surface area contributed by atoms with Gasteiger partial charge in [-0.3, -0.25) is 14.4 Å². The molecule has 12 heteroatoms. The number of hydrogen-bond donors (Lipinski definition) is 2. The van der Waals surface area contributed by atoms with Gasteiger partial charge in [0.1, 0.15) is 30.2 Å². The van der Waals surface area contributed by atoms with E-state index < -0.39 is 30.1 Å². The number of carboxylic acid groups (broad SMARTS) is 1. The first-order valence-corrected chi connectivity index (χ1v) is 20.2. The van der Waals surface area contributed by atoms with E-state index in [-0.39, 0.29) is 50.0 Å². The fourth-order valence-corrected chi connectivity index (χ4v) is 8.13. The summed E-state index contributed by atoms with van der Waals surface area (Å²) < 4.78 is 12.3. The Labute approximate surface area is 351 Å². The molecule has 2 aliphatic heterocycles. The molecule has 1 saturated carbocycles. The van der Waals surface area contributed by atoms with Crippen molar-refractivity contribution in [2.24, 2.45) is 5.92 Å². The molecule has 0 radical (unpaired) electrons. The van der Waals surface area contributed by atoms with Crippen LogP contribution in [0, 0.1) is 17.2 Å². The fraction of sp³-hybridized carbons (Fsp3) is 0.255. The van der Waals surface area contributed by atoms with Gasteiger partial charge in [-0.25, -0.2) is 4.79 Å². The van der Waals surface area contributed by atoms with Gasteiger partial charge in [0.05, 0.1) is 21.7 Å². The van der Waals surface area contributed by atoms with E-state index in [1.807, 2.05) is 54.6 Å². The van der Waals surface area contributed by atoms with Gasteiger partial charge in [0, 0.05) is 42.9 Å². The number of carboxylic acids is 1. The molecule has 8 rings (SSSR count). The third kappa shape index (κ3) is 8.68. The molecule has 3 atom stereocenters. The van der Waals surface area contributed by atoms with Crippen molar-refractivity contribution in [2.45, 2.75) is 69.9 Å². The molecule has 0 spiro atoms. The number of hydrogen-bond acceptors (Lipinski definition) is 7. The van der Waals surface area contributed by atoms with Crippen LogP contribution in [0.3, 0.4) is 0 Å². The van der Waals surface area contributed by atoms with Crippen molar-refractivity contribution in [3.05, 3.63) is 152 Å². The number of aliphatic carboxylic acids is 1. The molecule has 0 aromatic heterocycles. The molecule has 2 amide bonds. The van der Waals surface area contributed by atoms with Crippen LogP contribution in [0.1, 0.15) is 64.3 Å². The lowest BCUT2D eigenvalue weighted by Gasteiger charge is -2.40. The zero-order valence-corrected chi connectivity index (χ0v) is 33.3. The van der Waals surface area contributed by atoms with Crippen molar-refractivity contribution >= 4 is 46.8 Å². The molecule has 298 valence electrons. The van der Waals surface area contributed by atoms with Crippen LogP contribution < -0.4 is 14.8 Å². The third-order valence-electron chi connectivity index (χ3n) is 11.4. The van der Waals surface area contributed by atoms with E-state index in [0.717, 1.165) is 47.1 Å². The lowest BCUT2D eigenvalue weighted by atomic mass is 9.82. The van der Waals surface area contributed by atoms with E-state index in [1.54, 1.807) is 53.4 Å². The summed E-state index contributed by atoms with van der Waals surface area (Å²) in [6, 6.07) is 30.7. The normalized spacial score (nSPS) is 17.6. The van der Waals surface area contributed by atoms with Gasteiger partial charge < -0.3 is 24.8 Å². The first-order chi connectivity index (χ1) is 28.5. The highest BCUT2D eigenvalue weighted by atomic mass is 35.5. The molecule has 3 aliphatic rings. The molecule has 59 heavy (non-hydrogen) atoms. The predicted molar refractivity (Wildman–Crippen MR) is 221 cm³/mol. The SMILES string of the molecule is N#Cc1ccc(-c2ccc(C[C@H](NC(=O)[C@@H]3Cc4cc5c(cc4CN3C(=O)C3CCC3)OC(c3ccc(OCc4ccc(Cl)c(Cl)c4)cc3)C(=O)C5)C(=O)O)cc2)cc1. The Bertz CT molecular complexity index is 2480. The fourth-order valence-electron chi connectivity index (χ4n) is 7.81. The number of nitrogens with one attached hydrogen (secondary N) is 1. The topological polar surface area (TPSA) is 146 Å². The zero-order chi connectivity index (χ0) is 41.2. The van der Waals surface area contributed by atoms with E-state index >= 15 is 0 Å². The number of halogens is 2. The number of fused-ring (bicyclic) bond motifs is 2. The molecule has 5 aromatic carbocycles. The van der Waals surface area contributed by atoms with E-state index in [9.17, 15) is 24.3 Å². The highest BCUT2D eigenvalue weighted by Gasteiger charge is 2.41. The number of Topliss-reactive ketones (excluding diaryl/α,β-unsaturated/α-hetero) is 1. The van der Waals surface area contributed by atoms with Gasteiger partial charge in [-0.1, -0.05) is 90.3 Å². The third-order valence-corrected chi connectivity index (χ3v) is 12.1. The molecule has 2 N–H and O–H groups in total. The highest BCUT2D eigenvalue weighted by molar-refractivity contribution is 6.42. The van der Waals surface area contributed by atoms with Gasteiger partial charge in [0.25, 0.3) is 0 Å². The lowest BCUT2D eigenvalue weighted by molar-refractivity contribution is -0.148. The maximum atomic E-state index is 14.1. The van der Waals surface area contributed by atoms with Crippen molar-refractivity contribution < 1.29 is 33.8 Å². The van der Waals surface area contributed by atoms with Crippen LogP contribution in [-0.4, -0.2) is 45.7 Å². The standard InChI is InChI=1S/C47H39Cl2N3O7/c48-38-17-8-29(18-39(38)49)26-58-37-15-13-32(14-16-37)44-42(53)22-35-20-34-21-41(52(46(55)33-2-1-3-33)25-36(34)23-43(35)59-44)45(54)51-40(47(56)57)19-27-4-9-30(10-5-27)31-11-6-28(24-50)7-12-31/h4-18,20,23,33,40-41,44H,1-3,19,21-22,25-26H2,(H,51,54)(H,56,57)/t40-,41-,44?/m0/s1. The smallest absolute Gasteiger partial charge is 0.326 e. The Morgan fingerprint density at radius 2 is 1.56 bits per heavy atom. The van der Waals surface area contributed by atoms with Gasteiger partial charge in [-0.2, -0.15) is 5.26 Å². The summed E-state index contributed by atoms with van der Waals surface area (Å²) >= 11 is 12.2. The summed E-state index contributed by atoms with van der Waals surface area (Å²) in [4.78, 5) is 55.5. The van der Waals surface area contributed by atoms with Gasteiger partial charge in [-0.15, -0.1) is 0 Å². The Morgan fingerprint density at radius 3 is 2.20 bits per heavy atom. The van der Waals surface area contributed by atoms with Crippen molar-refractivity contribution in [1.29, 1.82) is 5.26 Å². The summed E-state index contributed by atoms with van der Waals surface area (Å²) in [6.45, 7) is 0.436. The number of benzene rings is 5. The van der Waals surface area contributed by atoms with Crippen molar-refractivity contribution in [1.82, 2.24) is 10.2 Å². The largest absolute Gasteiger partial charge is 0.489 e. The summed E-state index contributed by atoms with van der Waals surface area (Å²) in [5.41, 5.74) is 6.94. The second kappa shape index (κ2) is 17.0. The van der Waals surface area contributed by atoms with Crippen LogP contribution in [0.15, 0.2) is 103 Å². The van der Waals surface area contributed by atoms with E-state index in [1.165, 1.54) is 0 Å². The monoisotopic (exact) mass is 827 g/mol. The van der Waals surface area contributed by atoms with Crippen molar-refractivity contribution in [3.8, 4) is 28.7 Å². The minimum atomic E-state index is -1.24. The predicted octanol–water partition coefficient (Wildman–Crippen LogP) is 8.22. The molecule has 0 bridgehead atoms. The lowest BCUT2D eigenvalue weighted by Crippen LogP contribution is -2.57. The minimum Gasteiger partial charge on any atom is -0.489 e. The average molecular weight is 829 g/mol. The maximum absolute atomic E-state index is 14.1. The van der Waals surface area contributed by atoms with Crippen LogP contribution in [-0.2, 0) is 51.6 Å². The molecule has 0 saturated heterocycles. The van der Waals surface area contributed by atoms with Crippen LogP contribution in [0.2, 0.25) is 10.0 Å². The van der Waals surface area contributed by atoms with Crippen LogP contribution in [0.25, 0.3) is 11.1 Å². The molecule has 1 fully saturated rings. The Balaban J connectivity index is 0.964. The molecule has 10 nitrogen and oxygen atoms in total. The number of carbonyl (C=O) groups is 4. The zero-order valence-electron chi connectivity index (χ0n) is 31.8. The number of ketones is 1. The molecule has 2 heterocycles. The second-order valence-electron chi connectivity index (χ2n) is 15.3. The quantitative estimate of drug-likeness (QED) is 0.136. The first kappa shape index (κ1) is 39.7. The van der Waals surface area contributed by atoms with Crippen molar-refractivity contribution in [3.63, 3.8) is 0 Å². The Morgan fingerprint density at radius 1 is 0.864 bits per heavy atom.